The van der Waals surface area contributed by atoms with E-state index in [2.05, 4.69) is 46.8 Å². The van der Waals surface area contributed by atoms with E-state index in [0.717, 1.165) is 36.0 Å². The van der Waals surface area contributed by atoms with Crippen LogP contribution in [0.15, 0.2) is 18.2 Å². The number of hydrogen-bond donors (Lipinski definition) is 1. The van der Waals surface area contributed by atoms with Gasteiger partial charge in [-0.2, -0.15) is 0 Å². The Morgan fingerprint density at radius 2 is 2.10 bits per heavy atom. The summed E-state index contributed by atoms with van der Waals surface area (Å²) in [5.74, 6) is -0.0385. The van der Waals surface area contributed by atoms with E-state index in [4.69, 9.17) is 11.6 Å². The summed E-state index contributed by atoms with van der Waals surface area (Å²) in [5.41, 5.74) is 0.835. The van der Waals surface area contributed by atoms with Crippen LogP contribution in [0.25, 0.3) is 0 Å². The monoisotopic (exact) mass is 406 g/mol. The molecule has 0 spiro atoms. The Morgan fingerprint density at radius 1 is 1.45 bits per heavy atom. The summed E-state index contributed by atoms with van der Waals surface area (Å²) < 4.78 is 0.961. The van der Waals surface area contributed by atoms with E-state index in [0.29, 0.717) is 10.6 Å². The first kappa shape index (κ1) is 16.0. The highest BCUT2D eigenvalue weighted by atomic mass is 127. The molecule has 0 unspecified atom stereocenters. The number of amides is 1. The molecule has 2 rings (SSSR count). The minimum absolute atomic E-state index is 0.0385. The van der Waals surface area contributed by atoms with Crippen molar-refractivity contribution in [1.82, 2.24) is 10.2 Å². The molecule has 1 aromatic rings. The molecule has 0 saturated carbocycles. The lowest BCUT2D eigenvalue weighted by Gasteiger charge is -2.37. The number of rotatable bonds is 3. The zero-order chi connectivity index (χ0) is 14.8. The molecular formula is C15H20ClIN2O. The van der Waals surface area contributed by atoms with Crippen LogP contribution in [0.1, 0.15) is 30.1 Å². The molecule has 5 heteroatoms. The number of hydrogen-bond acceptors (Lipinski definition) is 2. The van der Waals surface area contributed by atoms with Crippen molar-refractivity contribution in [1.29, 1.82) is 0 Å². The maximum Gasteiger partial charge on any atom is 0.251 e. The number of benzene rings is 1. The van der Waals surface area contributed by atoms with Gasteiger partial charge in [-0.05, 0) is 79.2 Å². The van der Waals surface area contributed by atoms with Gasteiger partial charge < -0.3 is 10.2 Å². The molecule has 0 aromatic heterocycles. The first-order valence-corrected chi connectivity index (χ1v) is 8.27. The fourth-order valence-electron chi connectivity index (χ4n) is 2.37. The van der Waals surface area contributed by atoms with E-state index >= 15 is 0 Å². The Bertz CT molecular complexity index is 499. The van der Waals surface area contributed by atoms with Gasteiger partial charge >= 0.3 is 0 Å². The Balaban J connectivity index is 1.93. The van der Waals surface area contributed by atoms with E-state index in [1.54, 1.807) is 6.07 Å². The Kier molecular flexibility index (Phi) is 5.31. The van der Waals surface area contributed by atoms with Crippen LogP contribution in [0, 0.1) is 8.99 Å². The smallest absolute Gasteiger partial charge is 0.251 e. The number of carbonyl (C=O) groups excluding carboxylic acids is 1. The Morgan fingerprint density at radius 3 is 2.70 bits per heavy atom. The highest BCUT2D eigenvalue weighted by Gasteiger charge is 2.29. The molecule has 1 saturated heterocycles. The van der Waals surface area contributed by atoms with Crippen LogP contribution in [0.5, 0.6) is 0 Å². The topological polar surface area (TPSA) is 32.3 Å². The summed E-state index contributed by atoms with van der Waals surface area (Å²) >= 11 is 8.21. The maximum atomic E-state index is 12.2. The van der Waals surface area contributed by atoms with E-state index in [1.165, 1.54) is 0 Å². The molecule has 0 bridgehead atoms. The highest BCUT2D eigenvalue weighted by molar-refractivity contribution is 14.1. The summed E-state index contributed by atoms with van der Waals surface area (Å²) in [6.07, 6.45) is 2.24. The van der Waals surface area contributed by atoms with Gasteiger partial charge in [0.15, 0.2) is 0 Å². The standard InChI is InChI=1S/C15H20ClIN2O/c1-15(5-7-19(2)8-6-15)10-18-14(20)11-3-4-13(17)12(16)9-11/h3-4,9H,5-8,10H2,1-2H3,(H,18,20). The number of carbonyl (C=O) groups is 1. The maximum absolute atomic E-state index is 12.2. The molecule has 1 aromatic carbocycles. The fraction of sp³-hybridized carbons (Fsp3) is 0.533. The third-order valence-electron chi connectivity index (χ3n) is 4.05. The van der Waals surface area contributed by atoms with Crippen LogP contribution in [0.4, 0.5) is 0 Å². The molecule has 0 radical (unpaired) electrons. The predicted molar refractivity (Wildman–Crippen MR) is 91.3 cm³/mol. The normalized spacial score (nSPS) is 18.8. The third-order valence-corrected chi connectivity index (χ3v) is 5.62. The van der Waals surface area contributed by atoms with Crippen LogP contribution < -0.4 is 5.32 Å². The molecular weight excluding hydrogens is 387 g/mol. The minimum Gasteiger partial charge on any atom is -0.351 e. The van der Waals surface area contributed by atoms with Crippen LogP contribution in [-0.2, 0) is 0 Å². The first-order chi connectivity index (χ1) is 9.39. The quantitative estimate of drug-likeness (QED) is 0.780. The molecule has 1 amide bonds. The molecule has 1 aliphatic rings. The van der Waals surface area contributed by atoms with Gasteiger partial charge in [0.05, 0.1) is 5.02 Å². The molecule has 3 nitrogen and oxygen atoms in total. The van der Waals surface area contributed by atoms with Gasteiger partial charge in [0.25, 0.3) is 5.91 Å². The van der Waals surface area contributed by atoms with Crippen molar-refractivity contribution in [3.63, 3.8) is 0 Å². The number of halogens is 2. The number of likely N-dealkylation sites (tertiary alicyclic amines) is 1. The van der Waals surface area contributed by atoms with Crippen molar-refractivity contribution in [2.24, 2.45) is 5.41 Å². The van der Waals surface area contributed by atoms with E-state index in [1.807, 2.05) is 12.1 Å². The lowest BCUT2D eigenvalue weighted by Crippen LogP contribution is -2.43. The molecule has 20 heavy (non-hydrogen) atoms. The Hall–Kier alpha value is -0.330. The van der Waals surface area contributed by atoms with Gasteiger partial charge in [0.2, 0.25) is 0 Å². The predicted octanol–water partition coefficient (Wildman–Crippen LogP) is 3.41. The van der Waals surface area contributed by atoms with Crippen LogP contribution >= 0.6 is 34.2 Å². The average Bonchev–Trinajstić information content (AvgIpc) is 2.43. The largest absolute Gasteiger partial charge is 0.351 e. The summed E-state index contributed by atoms with van der Waals surface area (Å²) in [5, 5.41) is 3.68. The van der Waals surface area contributed by atoms with E-state index < -0.39 is 0 Å². The second-order valence-corrected chi connectivity index (χ2v) is 7.49. The van der Waals surface area contributed by atoms with Crippen molar-refractivity contribution >= 4 is 40.1 Å². The summed E-state index contributed by atoms with van der Waals surface area (Å²) in [6.45, 7) is 5.17. The van der Waals surface area contributed by atoms with Crippen molar-refractivity contribution in [2.45, 2.75) is 19.8 Å². The molecule has 110 valence electrons. The molecule has 1 N–H and O–H groups in total. The zero-order valence-corrected chi connectivity index (χ0v) is 14.8. The van der Waals surface area contributed by atoms with Gasteiger partial charge in [-0.3, -0.25) is 4.79 Å². The Labute approximate surface area is 139 Å². The third kappa shape index (κ3) is 4.09. The number of nitrogens with zero attached hydrogens (tertiary/aromatic N) is 1. The fourth-order valence-corrected chi connectivity index (χ4v) is 2.88. The van der Waals surface area contributed by atoms with Crippen molar-refractivity contribution in [3.8, 4) is 0 Å². The number of piperidine rings is 1. The van der Waals surface area contributed by atoms with E-state index in [9.17, 15) is 4.79 Å². The lowest BCUT2D eigenvalue weighted by atomic mass is 9.80. The number of nitrogens with one attached hydrogen (secondary N) is 1. The molecule has 1 aliphatic heterocycles. The van der Waals surface area contributed by atoms with Crippen molar-refractivity contribution in [3.05, 3.63) is 32.4 Å². The lowest BCUT2D eigenvalue weighted by molar-refractivity contribution is 0.0891. The zero-order valence-electron chi connectivity index (χ0n) is 11.9. The second-order valence-electron chi connectivity index (χ2n) is 5.93. The first-order valence-electron chi connectivity index (χ1n) is 6.81. The SMILES string of the molecule is CN1CCC(C)(CNC(=O)c2ccc(I)c(Cl)c2)CC1. The van der Waals surface area contributed by atoms with Gasteiger partial charge in [-0.25, -0.2) is 0 Å². The summed E-state index contributed by atoms with van der Waals surface area (Å²) in [7, 11) is 2.14. The molecule has 1 heterocycles. The van der Waals surface area contributed by atoms with E-state index in [-0.39, 0.29) is 11.3 Å². The second kappa shape index (κ2) is 6.62. The van der Waals surface area contributed by atoms with Gasteiger partial charge in [-0.1, -0.05) is 18.5 Å². The van der Waals surface area contributed by atoms with Crippen molar-refractivity contribution in [2.75, 3.05) is 26.7 Å². The van der Waals surface area contributed by atoms with Gasteiger partial charge in [0, 0.05) is 15.7 Å². The van der Waals surface area contributed by atoms with Gasteiger partial charge in [-0.15, -0.1) is 0 Å². The van der Waals surface area contributed by atoms with Crippen LogP contribution in [-0.4, -0.2) is 37.5 Å². The van der Waals surface area contributed by atoms with Crippen LogP contribution in [0.2, 0.25) is 5.02 Å². The minimum atomic E-state index is -0.0385. The van der Waals surface area contributed by atoms with Crippen molar-refractivity contribution < 1.29 is 4.79 Å². The summed E-state index contributed by atoms with van der Waals surface area (Å²) in [6, 6.07) is 5.42. The van der Waals surface area contributed by atoms with Crippen LogP contribution in [0.3, 0.4) is 0 Å². The van der Waals surface area contributed by atoms with Gasteiger partial charge in [0.1, 0.15) is 0 Å². The molecule has 1 fully saturated rings. The summed E-state index contributed by atoms with van der Waals surface area (Å²) in [4.78, 5) is 14.5. The highest BCUT2D eigenvalue weighted by Crippen LogP contribution is 2.29. The molecule has 0 atom stereocenters. The molecule has 0 aliphatic carbocycles. The average molecular weight is 407 g/mol.